The second-order valence-corrected chi connectivity index (χ2v) is 11.2. The normalized spacial score (nSPS) is 16.9. The molecule has 0 saturated carbocycles. The summed E-state index contributed by atoms with van der Waals surface area (Å²) in [4.78, 5) is 22.7. The standard InChI is InChI=1S/C29H38N4O/c1-20-8-10-30-26(17-20)32-15-13-31(14-16-32)12-9-24-21(2)33-11-6-7-22-18-23(19-25(24)27(22)33)28(34)29(3,4)5/h8,10,17-19H,6-7,9,11-16H2,1-5H3. The molecule has 5 rings (SSSR count). The van der Waals surface area contributed by atoms with Crippen molar-refractivity contribution in [1.29, 1.82) is 0 Å². The lowest BCUT2D eigenvalue weighted by molar-refractivity contribution is 0.0858. The van der Waals surface area contributed by atoms with Crippen LogP contribution in [0.25, 0.3) is 10.9 Å². The molecule has 0 aliphatic carbocycles. The predicted molar refractivity (Wildman–Crippen MR) is 140 cm³/mol. The van der Waals surface area contributed by atoms with E-state index in [1.807, 2.05) is 27.0 Å². The van der Waals surface area contributed by atoms with Crippen LogP contribution in [0.1, 0.15) is 59.9 Å². The minimum Gasteiger partial charge on any atom is -0.354 e. The molecule has 2 aromatic heterocycles. The number of hydrogen-bond acceptors (Lipinski definition) is 4. The Hall–Kier alpha value is -2.66. The molecule has 2 aliphatic rings. The van der Waals surface area contributed by atoms with Crippen molar-refractivity contribution in [1.82, 2.24) is 14.5 Å². The Morgan fingerprint density at radius 3 is 2.50 bits per heavy atom. The highest BCUT2D eigenvalue weighted by atomic mass is 16.1. The number of anilines is 1. The summed E-state index contributed by atoms with van der Waals surface area (Å²) in [5.74, 6) is 1.34. The zero-order chi connectivity index (χ0) is 24.0. The number of ketones is 1. The number of aromatic nitrogens is 2. The number of benzene rings is 1. The number of rotatable bonds is 5. The first-order valence-corrected chi connectivity index (χ1v) is 12.8. The highest BCUT2D eigenvalue weighted by Crippen LogP contribution is 2.35. The second kappa shape index (κ2) is 8.84. The van der Waals surface area contributed by atoms with Gasteiger partial charge in [0.2, 0.25) is 0 Å². The van der Waals surface area contributed by atoms with Crippen molar-refractivity contribution in [3.05, 3.63) is 58.4 Å². The number of hydrogen-bond donors (Lipinski definition) is 0. The van der Waals surface area contributed by atoms with Crippen molar-refractivity contribution >= 4 is 22.5 Å². The van der Waals surface area contributed by atoms with Crippen molar-refractivity contribution < 1.29 is 4.79 Å². The summed E-state index contributed by atoms with van der Waals surface area (Å²) in [6, 6.07) is 8.61. The fraction of sp³-hybridized carbons (Fsp3) is 0.517. The molecule has 34 heavy (non-hydrogen) atoms. The van der Waals surface area contributed by atoms with Crippen molar-refractivity contribution in [2.24, 2.45) is 5.41 Å². The summed E-state index contributed by atoms with van der Waals surface area (Å²) in [5, 5.41) is 1.31. The first kappa shape index (κ1) is 23.1. The molecule has 2 aliphatic heterocycles. The molecule has 1 aromatic carbocycles. The quantitative estimate of drug-likeness (QED) is 0.493. The molecular formula is C29H38N4O. The lowest BCUT2D eigenvalue weighted by atomic mass is 9.84. The molecule has 0 spiro atoms. The number of carbonyl (C=O) groups excluding carboxylic acids is 1. The number of aryl methyl sites for hydroxylation is 3. The Morgan fingerprint density at radius 1 is 1.03 bits per heavy atom. The van der Waals surface area contributed by atoms with Crippen LogP contribution in [-0.2, 0) is 19.4 Å². The van der Waals surface area contributed by atoms with Gasteiger partial charge in [-0.3, -0.25) is 9.69 Å². The first-order valence-electron chi connectivity index (χ1n) is 12.8. The van der Waals surface area contributed by atoms with Gasteiger partial charge in [0.15, 0.2) is 5.78 Å². The fourth-order valence-corrected chi connectivity index (χ4v) is 5.71. The molecule has 1 fully saturated rings. The minimum absolute atomic E-state index is 0.244. The smallest absolute Gasteiger partial charge is 0.168 e. The lowest BCUT2D eigenvalue weighted by Gasteiger charge is -2.35. The Labute approximate surface area is 203 Å². The van der Waals surface area contributed by atoms with E-state index in [1.165, 1.54) is 33.3 Å². The molecule has 1 saturated heterocycles. The fourth-order valence-electron chi connectivity index (χ4n) is 5.71. The molecule has 0 unspecified atom stereocenters. The summed E-state index contributed by atoms with van der Waals surface area (Å²) < 4.78 is 2.51. The average Bonchev–Trinajstić information content (AvgIpc) is 3.09. The third-order valence-corrected chi connectivity index (χ3v) is 7.67. The van der Waals surface area contributed by atoms with Crippen LogP contribution in [0.3, 0.4) is 0 Å². The third-order valence-electron chi connectivity index (χ3n) is 7.67. The van der Waals surface area contributed by atoms with E-state index in [-0.39, 0.29) is 11.2 Å². The van der Waals surface area contributed by atoms with Crippen LogP contribution in [0.4, 0.5) is 5.82 Å². The minimum atomic E-state index is -0.362. The summed E-state index contributed by atoms with van der Waals surface area (Å²) in [5.41, 5.74) is 7.33. The molecule has 4 heterocycles. The van der Waals surface area contributed by atoms with Crippen LogP contribution in [0.2, 0.25) is 0 Å². The van der Waals surface area contributed by atoms with Gasteiger partial charge in [-0.1, -0.05) is 20.8 Å². The second-order valence-electron chi connectivity index (χ2n) is 11.2. The molecule has 0 atom stereocenters. The maximum Gasteiger partial charge on any atom is 0.168 e. The Kier molecular flexibility index (Phi) is 6.01. The summed E-state index contributed by atoms with van der Waals surface area (Å²) in [7, 11) is 0. The monoisotopic (exact) mass is 458 g/mol. The molecule has 0 radical (unpaired) electrons. The molecule has 0 bridgehead atoms. The number of pyridine rings is 1. The number of piperazine rings is 1. The third kappa shape index (κ3) is 4.26. The van der Waals surface area contributed by atoms with E-state index in [4.69, 9.17) is 0 Å². The van der Waals surface area contributed by atoms with Crippen LogP contribution < -0.4 is 4.90 Å². The van der Waals surface area contributed by atoms with Gasteiger partial charge in [0.05, 0.1) is 5.52 Å². The van der Waals surface area contributed by atoms with Crippen molar-refractivity contribution in [3.63, 3.8) is 0 Å². The van der Waals surface area contributed by atoms with Crippen LogP contribution >= 0.6 is 0 Å². The summed E-state index contributed by atoms with van der Waals surface area (Å²) in [6.45, 7) is 16.8. The van der Waals surface area contributed by atoms with Gasteiger partial charge in [0, 0.05) is 67.5 Å². The number of Topliss-reactive ketones (excluding diaryl/α,β-unsaturated/α-hetero) is 1. The maximum atomic E-state index is 13.1. The van der Waals surface area contributed by atoms with Gasteiger partial charge < -0.3 is 9.47 Å². The number of carbonyl (C=O) groups is 1. The van der Waals surface area contributed by atoms with Gasteiger partial charge in [-0.2, -0.15) is 0 Å². The van der Waals surface area contributed by atoms with E-state index in [1.54, 1.807) is 0 Å². The van der Waals surface area contributed by atoms with E-state index in [9.17, 15) is 4.79 Å². The van der Waals surface area contributed by atoms with Crippen LogP contribution in [-0.4, -0.2) is 53.0 Å². The lowest BCUT2D eigenvalue weighted by Crippen LogP contribution is -2.47. The largest absolute Gasteiger partial charge is 0.354 e. The number of nitrogens with zero attached hydrogens (tertiary/aromatic N) is 4. The molecule has 5 nitrogen and oxygen atoms in total. The average molecular weight is 459 g/mol. The molecular weight excluding hydrogens is 420 g/mol. The Morgan fingerprint density at radius 2 is 1.79 bits per heavy atom. The van der Waals surface area contributed by atoms with Gasteiger partial charge in [0.25, 0.3) is 0 Å². The van der Waals surface area contributed by atoms with Gasteiger partial charge >= 0.3 is 0 Å². The van der Waals surface area contributed by atoms with Gasteiger partial charge in [-0.15, -0.1) is 0 Å². The van der Waals surface area contributed by atoms with Crippen LogP contribution in [0, 0.1) is 19.3 Å². The van der Waals surface area contributed by atoms with E-state index in [2.05, 4.69) is 57.5 Å². The maximum absolute atomic E-state index is 13.1. The summed E-state index contributed by atoms with van der Waals surface area (Å²) in [6.07, 6.45) is 5.17. The van der Waals surface area contributed by atoms with Crippen LogP contribution in [0.5, 0.6) is 0 Å². The molecule has 0 amide bonds. The topological polar surface area (TPSA) is 41.4 Å². The molecule has 180 valence electrons. The van der Waals surface area contributed by atoms with Crippen molar-refractivity contribution in [3.8, 4) is 0 Å². The first-order chi connectivity index (χ1) is 16.2. The van der Waals surface area contributed by atoms with E-state index in [0.717, 1.165) is 69.9 Å². The van der Waals surface area contributed by atoms with Gasteiger partial charge in [-0.05, 0) is 74.1 Å². The van der Waals surface area contributed by atoms with Crippen molar-refractivity contribution in [2.45, 2.75) is 60.4 Å². The highest BCUT2D eigenvalue weighted by molar-refractivity contribution is 6.04. The van der Waals surface area contributed by atoms with Crippen molar-refractivity contribution in [2.75, 3.05) is 37.6 Å². The van der Waals surface area contributed by atoms with E-state index in [0.29, 0.717) is 0 Å². The molecule has 3 aromatic rings. The Bertz CT molecular complexity index is 1230. The van der Waals surface area contributed by atoms with Crippen LogP contribution in [0.15, 0.2) is 30.5 Å². The highest BCUT2D eigenvalue weighted by Gasteiger charge is 2.27. The van der Waals surface area contributed by atoms with Gasteiger partial charge in [-0.25, -0.2) is 4.98 Å². The van der Waals surface area contributed by atoms with E-state index < -0.39 is 0 Å². The molecule has 5 heteroatoms. The molecule has 0 N–H and O–H groups in total. The van der Waals surface area contributed by atoms with Gasteiger partial charge in [0.1, 0.15) is 5.82 Å². The Balaban J connectivity index is 1.36. The predicted octanol–water partition coefficient (Wildman–Crippen LogP) is 5.19. The zero-order valence-corrected chi connectivity index (χ0v) is 21.4. The van der Waals surface area contributed by atoms with E-state index >= 15 is 0 Å². The zero-order valence-electron chi connectivity index (χ0n) is 21.4. The summed E-state index contributed by atoms with van der Waals surface area (Å²) >= 11 is 0. The SMILES string of the molecule is Cc1ccnc(N2CCN(CCc3c(C)n4c5c(cc(C(=O)C(C)(C)C)cc35)CCC4)CC2)c1.